The summed E-state index contributed by atoms with van der Waals surface area (Å²) >= 11 is 0. The molecule has 0 radical (unpaired) electrons. The van der Waals surface area contributed by atoms with Crippen LogP contribution < -0.4 is 10.6 Å². The summed E-state index contributed by atoms with van der Waals surface area (Å²) in [6, 6.07) is 8.32. The lowest BCUT2D eigenvalue weighted by Crippen LogP contribution is -2.53. The molecule has 8 nitrogen and oxygen atoms in total. The Morgan fingerprint density at radius 1 is 1.00 bits per heavy atom. The van der Waals surface area contributed by atoms with Gasteiger partial charge >= 0.3 is 0 Å². The zero-order valence-electron chi connectivity index (χ0n) is 23.3. The molecule has 4 rings (SSSR count). The fourth-order valence-electron chi connectivity index (χ4n) is 5.99. The molecular formula is C31H41N3O5. The Kier molecular flexibility index (Phi) is 9.03. The lowest BCUT2D eigenvalue weighted by atomic mass is 9.87. The van der Waals surface area contributed by atoms with Gasteiger partial charge in [0.25, 0.3) is 5.91 Å². The van der Waals surface area contributed by atoms with Crippen LogP contribution in [0, 0.1) is 17.8 Å². The van der Waals surface area contributed by atoms with Gasteiger partial charge in [-0.15, -0.1) is 0 Å². The van der Waals surface area contributed by atoms with E-state index in [-0.39, 0.29) is 30.3 Å². The lowest BCUT2D eigenvalue weighted by molar-refractivity contribution is -0.141. The molecule has 2 fully saturated rings. The third-order valence-corrected chi connectivity index (χ3v) is 8.02. The van der Waals surface area contributed by atoms with E-state index in [0.29, 0.717) is 30.9 Å². The highest BCUT2D eigenvalue weighted by molar-refractivity contribution is 6.38. The summed E-state index contributed by atoms with van der Waals surface area (Å²) in [4.78, 5) is 68.6. The largest absolute Gasteiger partial charge is 0.352 e. The Bertz CT molecular complexity index is 1200. The fourth-order valence-corrected chi connectivity index (χ4v) is 5.99. The van der Waals surface area contributed by atoms with Crippen molar-refractivity contribution < 1.29 is 24.0 Å². The minimum absolute atomic E-state index is 0.00656. The van der Waals surface area contributed by atoms with Gasteiger partial charge < -0.3 is 15.6 Å². The molecule has 0 bridgehead atoms. The summed E-state index contributed by atoms with van der Waals surface area (Å²) in [7, 11) is 0. The first-order valence-corrected chi connectivity index (χ1v) is 14.3. The van der Waals surface area contributed by atoms with E-state index in [1.54, 1.807) is 26.8 Å². The van der Waals surface area contributed by atoms with E-state index >= 15 is 0 Å². The van der Waals surface area contributed by atoms with E-state index in [1.807, 2.05) is 24.3 Å². The Morgan fingerprint density at radius 2 is 1.72 bits per heavy atom. The lowest BCUT2D eigenvalue weighted by Gasteiger charge is -2.26. The average Bonchev–Trinajstić information content (AvgIpc) is 3.63. The molecule has 39 heavy (non-hydrogen) atoms. The van der Waals surface area contributed by atoms with E-state index in [9.17, 15) is 24.0 Å². The number of amides is 2. The standard InChI is InChI=1S/C31H41N3O5/c1-31(2,3)34-30(39)28(37)25(17-21-12-8-14-26(21)35)33-29(38)22(15-19-9-4-5-10-19)18-27(36)24-16-20-11-6-7-13-23(20)32-24/h6-7,11,13,16,19,21-22,25,32H,4-5,8-10,12,14-15,17-18H2,1-3H3,(H,33,38)(H,34,39)/t21-,22+,25-/m0/s1. The van der Waals surface area contributed by atoms with Crippen molar-refractivity contribution >= 4 is 40.1 Å². The summed E-state index contributed by atoms with van der Waals surface area (Å²) in [5.74, 6) is -2.68. The van der Waals surface area contributed by atoms with Gasteiger partial charge in [-0.3, -0.25) is 24.0 Å². The number of fused-ring (bicyclic) bond motifs is 1. The van der Waals surface area contributed by atoms with Gasteiger partial charge in [-0.05, 0) is 64.5 Å². The maximum Gasteiger partial charge on any atom is 0.290 e. The maximum atomic E-state index is 13.7. The molecule has 2 amide bonds. The first-order chi connectivity index (χ1) is 18.5. The number of ketones is 3. The molecule has 0 unspecified atom stereocenters. The van der Waals surface area contributed by atoms with Crippen molar-refractivity contribution in [1.29, 1.82) is 0 Å². The number of benzene rings is 1. The van der Waals surface area contributed by atoms with E-state index in [4.69, 9.17) is 0 Å². The predicted molar refractivity (Wildman–Crippen MR) is 149 cm³/mol. The minimum Gasteiger partial charge on any atom is -0.352 e. The van der Waals surface area contributed by atoms with Crippen molar-refractivity contribution in [2.75, 3.05) is 0 Å². The van der Waals surface area contributed by atoms with Crippen LogP contribution in [-0.4, -0.2) is 45.7 Å². The molecule has 1 aromatic carbocycles. The molecule has 0 aliphatic heterocycles. The second-order valence-electron chi connectivity index (χ2n) is 12.4. The smallest absolute Gasteiger partial charge is 0.290 e. The van der Waals surface area contributed by atoms with Gasteiger partial charge in [0.1, 0.15) is 5.78 Å². The molecule has 1 aromatic heterocycles. The van der Waals surface area contributed by atoms with E-state index < -0.39 is 35.1 Å². The van der Waals surface area contributed by atoms with Crippen molar-refractivity contribution in [2.24, 2.45) is 17.8 Å². The number of rotatable bonds is 11. The molecule has 210 valence electrons. The number of carbonyl (C=O) groups excluding carboxylic acids is 5. The summed E-state index contributed by atoms with van der Waals surface area (Å²) < 4.78 is 0. The number of aromatic nitrogens is 1. The molecule has 2 aromatic rings. The molecule has 8 heteroatoms. The Labute approximate surface area is 230 Å². The average molecular weight is 536 g/mol. The van der Waals surface area contributed by atoms with Crippen LogP contribution in [0.2, 0.25) is 0 Å². The first-order valence-electron chi connectivity index (χ1n) is 14.3. The van der Waals surface area contributed by atoms with Gasteiger partial charge in [0, 0.05) is 41.1 Å². The maximum absolute atomic E-state index is 13.7. The molecule has 2 aliphatic rings. The predicted octanol–water partition coefficient (Wildman–Crippen LogP) is 4.67. The fraction of sp³-hybridized carbons (Fsp3) is 0.581. The minimum atomic E-state index is -1.11. The van der Waals surface area contributed by atoms with Crippen LogP contribution in [0.4, 0.5) is 0 Å². The van der Waals surface area contributed by atoms with Crippen LogP contribution in [0.1, 0.15) is 95.5 Å². The Morgan fingerprint density at radius 3 is 2.36 bits per heavy atom. The van der Waals surface area contributed by atoms with Gasteiger partial charge in [0.05, 0.1) is 11.7 Å². The number of hydrogen-bond donors (Lipinski definition) is 3. The summed E-state index contributed by atoms with van der Waals surface area (Å²) in [5.41, 5.74) is 0.685. The Balaban J connectivity index is 1.53. The van der Waals surface area contributed by atoms with Gasteiger partial charge in [-0.1, -0.05) is 43.9 Å². The Hall–Kier alpha value is -3.29. The van der Waals surface area contributed by atoms with E-state index in [0.717, 1.165) is 43.0 Å². The van der Waals surface area contributed by atoms with Crippen molar-refractivity contribution in [3.05, 3.63) is 36.0 Å². The number of carbonyl (C=O) groups is 5. The van der Waals surface area contributed by atoms with Crippen molar-refractivity contribution in [3.8, 4) is 0 Å². The van der Waals surface area contributed by atoms with Crippen LogP contribution in [0.3, 0.4) is 0 Å². The molecule has 2 aliphatic carbocycles. The highest BCUT2D eigenvalue weighted by atomic mass is 16.2. The van der Waals surface area contributed by atoms with Crippen molar-refractivity contribution in [1.82, 2.24) is 15.6 Å². The van der Waals surface area contributed by atoms with E-state index in [1.165, 1.54) is 0 Å². The number of nitrogens with one attached hydrogen (secondary N) is 3. The van der Waals surface area contributed by atoms with Crippen molar-refractivity contribution in [3.63, 3.8) is 0 Å². The van der Waals surface area contributed by atoms with Crippen LogP contribution >= 0.6 is 0 Å². The third kappa shape index (κ3) is 7.64. The first kappa shape index (κ1) is 28.7. The SMILES string of the molecule is CC(C)(C)NC(=O)C(=O)[C@H](C[C@@H]1CCCC1=O)NC(=O)[C@@H](CC(=O)c1cc2ccccc2[nH]1)CC1CCCC1. The van der Waals surface area contributed by atoms with Gasteiger partial charge in [-0.25, -0.2) is 0 Å². The second-order valence-corrected chi connectivity index (χ2v) is 12.4. The molecule has 3 N–H and O–H groups in total. The van der Waals surface area contributed by atoms with Crippen LogP contribution in [0.15, 0.2) is 30.3 Å². The second kappa shape index (κ2) is 12.3. The monoisotopic (exact) mass is 535 g/mol. The van der Waals surface area contributed by atoms with Crippen LogP contribution in [0.5, 0.6) is 0 Å². The molecule has 2 saturated carbocycles. The molecule has 1 heterocycles. The quantitative estimate of drug-likeness (QED) is 0.285. The topological polar surface area (TPSA) is 125 Å². The molecular weight excluding hydrogens is 494 g/mol. The van der Waals surface area contributed by atoms with Gasteiger partial charge in [-0.2, -0.15) is 0 Å². The van der Waals surface area contributed by atoms with Crippen molar-refractivity contribution in [2.45, 2.75) is 96.6 Å². The number of Topliss-reactive ketones (excluding diaryl/α,β-unsaturated/α-hetero) is 3. The van der Waals surface area contributed by atoms with Crippen LogP contribution in [0.25, 0.3) is 10.9 Å². The normalized spacial score (nSPS) is 19.7. The van der Waals surface area contributed by atoms with E-state index in [2.05, 4.69) is 15.6 Å². The molecule has 3 atom stereocenters. The summed E-state index contributed by atoms with van der Waals surface area (Å²) in [6.45, 7) is 5.33. The number of aromatic amines is 1. The van der Waals surface area contributed by atoms with Crippen LogP contribution in [-0.2, 0) is 19.2 Å². The molecule has 0 spiro atoms. The zero-order valence-corrected chi connectivity index (χ0v) is 23.3. The zero-order chi connectivity index (χ0) is 28.2. The summed E-state index contributed by atoms with van der Waals surface area (Å²) in [6.07, 6.45) is 6.74. The highest BCUT2D eigenvalue weighted by Gasteiger charge is 2.37. The highest BCUT2D eigenvalue weighted by Crippen LogP contribution is 2.33. The number of H-pyrrole nitrogens is 1. The number of para-hydroxylation sites is 1. The third-order valence-electron chi connectivity index (χ3n) is 8.02. The summed E-state index contributed by atoms with van der Waals surface area (Å²) in [5, 5.41) is 6.43. The van der Waals surface area contributed by atoms with Gasteiger partial charge in [0.2, 0.25) is 11.7 Å². The molecule has 0 saturated heterocycles. The number of hydrogen-bond acceptors (Lipinski definition) is 5. The van der Waals surface area contributed by atoms with Gasteiger partial charge in [0.15, 0.2) is 5.78 Å².